The van der Waals surface area contributed by atoms with Crippen molar-refractivity contribution in [2.45, 2.75) is 39.2 Å². The first-order chi connectivity index (χ1) is 11.8. The van der Waals surface area contributed by atoms with Crippen molar-refractivity contribution in [3.05, 3.63) is 28.0 Å². The first kappa shape index (κ1) is 15.8. The van der Waals surface area contributed by atoms with Crippen LogP contribution in [0.25, 0.3) is 20.9 Å². The minimum Gasteiger partial charge on any atom is -0.348 e. The van der Waals surface area contributed by atoms with Gasteiger partial charge in [0.25, 0.3) is 0 Å². The molecule has 0 aromatic carbocycles. The summed E-state index contributed by atoms with van der Waals surface area (Å²) in [6, 6.07) is 4.00. The molecule has 0 bridgehead atoms. The number of aromatic nitrogens is 3. The van der Waals surface area contributed by atoms with Gasteiger partial charge in [0.2, 0.25) is 0 Å². The smallest absolute Gasteiger partial charge is 0.348 e. The molecule has 3 aromatic rings. The number of fused-ring (bicyclic) bond motifs is 1. The Balaban J connectivity index is 1.91. The summed E-state index contributed by atoms with van der Waals surface area (Å²) in [6.45, 7) is 4.88. The van der Waals surface area contributed by atoms with Crippen LogP contribution in [0.5, 0.6) is 0 Å². The Morgan fingerprint density at radius 2 is 2.04 bits per heavy atom. The van der Waals surface area contributed by atoms with E-state index in [1.54, 1.807) is 27.2 Å². The molecule has 5 nitrogen and oxygen atoms in total. The van der Waals surface area contributed by atoms with Crippen molar-refractivity contribution < 1.29 is 0 Å². The average Bonchev–Trinajstić information content (AvgIpc) is 3.28. The van der Waals surface area contributed by atoms with E-state index in [1.807, 2.05) is 17.5 Å². The molecule has 0 amide bonds. The number of thiophene rings is 1. The fourth-order valence-electron chi connectivity index (χ4n) is 3.16. The molecule has 24 heavy (non-hydrogen) atoms. The number of hydrogen-bond acceptors (Lipinski definition) is 6. The highest BCUT2D eigenvalue weighted by atomic mass is 32.1. The predicted molar refractivity (Wildman–Crippen MR) is 101 cm³/mol. The molecular weight excluding hydrogens is 340 g/mol. The summed E-state index contributed by atoms with van der Waals surface area (Å²) >= 11 is 3.24. The van der Waals surface area contributed by atoms with Crippen molar-refractivity contribution >= 4 is 38.2 Å². The largest absolute Gasteiger partial charge is 0.349 e. The summed E-state index contributed by atoms with van der Waals surface area (Å²) in [6.07, 6.45) is 4.64. The number of rotatable bonds is 4. The van der Waals surface area contributed by atoms with Crippen molar-refractivity contribution in [2.75, 3.05) is 18.0 Å². The van der Waals surface area contributed by atoms with Gasteiger partial charge >= 0.3 is 5.69 Å². The molecule has 7 heteroatoms. The van der Waals surface area contributed by atoms with Crippen molar-refractivity contribution in [2.24, 2.45) is 0 Å². The lowest BCUT2D eigenvalue weighted by Gasteiger charge is -2.25. The normalized spacial score (nSPS) is 15.3. The summed E-state index contributed by atoms with van der Waals surface area (Å²) in [5.41, 5.74) is 1.44. The molecule has 1 saturated heterocycles. The maximum Gasteiger partial charge on any atom is 0.349 e. The van der Waals surface area contributed by atoms with E-state index < -0.39 is 0 Å². The molecule has 0 aliphatic carbocycles. The van der Waals surface area contributed by atoms with Crippen molar-refractivity contribution in [1.82, 2.24) is 14.5 Å². The Hall–Kier alpha value is -1.73. The highest BCUT2D eigenvalue weighted by molar-refractivity contribution is 7.22. The van der Waals surface area contributed by atoms with Crippen LogP contribution in [-0.2, 0) is 6.54 Å². The maximum absolute atomic E-state index is 12.5. The Labute approximate surface area is 148 Å². The van der Waals surface area contributed by atoms with Gasteiger partial charge in [0.1, 0.15) is 16.0 Å². The number of thiazole rings is 1. The van der Waals surface area contributed by atoms with E-state index in [-0.39, 0.29) is 5.69 Å². The zero-order valence-electron chi connectivity index (χ0n) is 13.7. The maximum atomic E-state index is 12.5. The van der Waals surface area contributed by atoms with Crippen molar-refractivity contribution in [1.29, 1.82) is 0 Å². The molecular formula is C17H20N4OS2. The lowest BCUT2D eigenvalue weighted by molar-refractivity contribution is 0.577. The molecule has 3 aromatic heterocycles. The van der Waals surface area contributed by atoms with Gasteiger partial charge in [0.15, 0.2) is 5.13 Å². The molecule has 0 radical (unpaired) electrons. The highest BCUT2D eigenvalue weighted by Crippen LogP contribution is 2.35. The molecule has 0 N–H and O–H groups in total. The van der Waals surface area contributed by atoms with Crippen LogP contribution < -0.4 is 10.6 Å². The zero-order valence-corrected chi connectivity index (χ0v) is 15.3. The first-order valence-corrected chi connectivity index (χ1v) is 10.2. The van der Waals surface area contributed by atoms with Crippen LogP contribution in [-0.4, -0.2) is 27.6 Å². The molecule has 1 aliphatic heterocycles. The second-order valence-corrected chi connectivity index (χ2v) is 7.97. The van der Waals surface area contributed by atoms with Gasteiger partial charge in [-0.2, -0.15) is 4.98 Å². The van der Waals surface area contributed by atoms with Gasteiger partial charge in [-0.05, 0) is 37.1 Å². The first-order valence-electron chi connectivity index (χ1n) is 8.48. The van der Waals surface area contributed by atoms with Gasteiger partial charge in [-0.3, -0.25) is 4.57 Å². The fraction of sp³-hybridized carbons (Fsp3) is 0.471. The molecule has 4 rings (SSSR count). The summed E-state index contributed by atoms with van der Waals surface area (Å²) in [4.78, 5) is 26.1. The van der Waals surface area contributed by atoms with E-state index in [0.29, 0.717) is 6.54 Å². The molecule has 4 heterocycles. The number of nitrogens with zero attached hydrogens (tertiary/aromatic N) is 4. The Morgan fingerprint density at radius 1 is 1.21 bits per heavy atom. The molecule has 0 spiro atoms. The van der Waals surface area contributed by atoms with Gasteiger partial charge in [0, 0.05) is 19.6 Å². The monoisotopic (exact) mass is 360 g/mol. The van der Waals surface area contributed by atoms with Crippen LogP contribution in [0.2, 0.25) is 0 Å². The van der Waals surface area contributed by atoms with E-state index in [9.17, 15) is 4.79 Å². The highest BCUT2D eigenvalue weighted by Gasteiger charge is 2.21. The van der Waals surface area contributed by atoms with Crippen LogP contribution >= 0.6 is 22.7 Å². The van der Waals surface area contributed by atoms with Crippen LogP contribution in [0.4, 0.5) is 5.13 Å². The number of piperidine rings is 1. The molecule has 0 unspecified atom stereocenters. The van der Waals surface area contributed by atoms with Crippen LogP contribution in [0.15, 0.2) is 22.3 Å². The number of aryl methyl sites for hydroxylation is 1. The SMILES string of the molecule is CCCn1c(=O)nc(-c2cccs2)c2nc(N3CCCCC3)sc21. The minimum absolute atomic E-state index is 0.165. The molecule has 0 atom stereocenters. The van der Waals surface area contributed by atoms with E-state index in [0.717, 1.165) is 45.6 Å². The van der Waals surface area contributed by atoms with Gasteiger partial charge in [-0.15, -0.1) is 11.3 Å². The second-order valence-electron chi connectivity index (χ2n) is 6.07. The summed E-state index contributed by atoms with van der Waals surface area (Å²) < 4.78 is 1.79. The standard InChI is InChI=1S/C17H20N4OS2/c1-2-8-21-15-14(13(18-16(21)22)12-7-6-11-23-12)19-17(24-15)20-9-4-3-5-10-20/h6-7,11H,2-5,8-10H2,1H3. The van der Waals surface area contributed by atoms with Crippen molar-refractivity contribution in [3.8, 4) is 10.6 Å². The third-order valence-electron chi connectivity index (χ3n) is 4.33. The lowest BCUT2D eigenvalue weighted by atomic mass is 10.1. The Bertz CT molecular complexity index is 891. The van der Waals surface area contributed by atoms with E-state index in [1.165, 1.54) is 19.3 Å². The quantitative estimate of drug-likeness (QED) is 0.706. The van der Waals surface area contributed by atoms with E-state index in [4.69, 9.17) is 4.98 Å². The second kappa shape index (κ2) is 6.64. The number of anilines is 1. The Kier molecular flexibility index (Phi) is 4.37. The topological polar surface area (TPSA) is 51.0 Å². The van der Waals surface area contributed by atoms with E-state index >= 15 is 0 Å². The van der Waals surface area contributed by atoms with Gasteiger partial charge < -0.3 is 4.90 Å². The van der Waals surface area contributed by atoms with Crippen LogP contribution in [0, 0.1) is 0 Å². The van der Waals surface area contributed by atoms with Crippen LogP contribution in [0.3, 0.4) is 0 Å². The third kappa shape index (κ3) is 2.75. The summed E-state index contributed by atoms with van der Waals surface area (Å²) in [5, 5.41) is 3.04. The Morgan fingerprint density at radius 3 is 2.75 bits per heavy atom. The predicted octanol–water partition coefficient (Wildman–Crippen LogP) is 3.98. The molecule has 0 saturated carbocycles. The fourth-order valence-corrected chi connectivity index (χ4v) is 5.02. The molecule has 126 valence electrons. The average molecular weight is 361 g/mol. The van der Waals surface area contributed by atoms with Gasteiger partial charge in [-0.1, -0.05) is 24.3 Å². The minimum atomic E-state index is -0.165. The van der Waals surface area contributed by atoms with Crippen molar-refractivity contribution in [3.63, 3.8) is 0 Å². The summed E-state index contributed by atoms with van der Waals surface area (Å²) in [5.74, 6) is 0. The molecule has 1 aliphatic rings. The zero-order chi connectivity index (χ0) is 16.5. The summed E-state index contributed by atoms with van der Waals surface area (Å²) in [7, 11) is 0. The number of hydrogen-bond donors (Lipinski definition) is 0. The lowest BCUT2D eigenvalue weighted by Crippen LogP contribution is -2.29. The van der Waals surface area contributed by atoms with Gasteiger partial charge in [0.05, 0.1) is 4.88 Å². The van der Waals surface area contributed by atoms with Gasteiger partial charge in [-0.25, -0.2) is 9.78 Å². The third-order valence-corrected chi connectivity index (χ3v) is 6.35. The van der Waals surface area contributed by atoms with E-state index in [2.05, 4.69) is 16.8 Å². The van der Waals surface area contributed by atoms with Crippen LogP contribution in [0.1, 0.15) is 32.6 Å². The molecule has 1 fully saturated rings.